The number of benzene rings is 1. The largest absolute Gasteiger partial charge is 0.359 e. The summed E-state index contributed by atoms with van der Waals surface area (Å²) in [5.74, 6) is -0.277. The van der Waals surface area contributed by atoms with E-state index in [0.717, 1.165) is 11.4 Å². The highest BCUT2D eigenvalue weighted by atomic mass is 35.5. The smallest absolute Gasteiger partial charge is 0.261 e. The fourth-order valence-electron chi connectivity index (χ4n) is 3.90. The van der Waals surface area contributed by atoms with Gasteiger partial charge in [0.05, 0.1) is 51.4 Å². The van der Waals surface area contributed by atoms with E-state index in [1.807, 2.05) is 33.9 Å². The fraction of sp³-hybridized carbons (Fsp3) is 0.167. The summed E-state index contributed by atoms with van der Waals surface area (Å²) in [6.07, 6.45) is 5.21. The average Bonchev–Trinajstić information content (AvgIpc) is 3.52. The van der Waals surface area contributed by atoms with E-state index in [4.69, 9.17) is 11.6 Å². The number of piperazine rings is 1. The number of hydrogen-bond donors (Lipinski definition) is 2. The first-order valence-electron chi connectivity index (χ1n) is 10.9. The van der Waals surface area contributed by atoms with Crippen LogP contribution in [-0.2, 0) is 11.3 Å². The van der Waals surface area contributed by atoms with Gasteiger partial charge in [0, 0.05) is 31.5 Å². The van der Waals surface area contributed by atoms with Crippen molar-refractivity contribution in [2.45, 2.75) is 6.54 Å². The second-order valence-corrected chi connectivity index (χ2v) is 9.63. The van der Waals surface area contributed by atoms with Crippen LogP contribution in [0.2, 0.25) is 4.34 Å². The number of aromatic nitrogens is 3. The van der Waals surface area contributed by atoms with E-state index in [9.17, 15) is 14.4 Å². The van der Waals surface area contributed by atoms with Crippen molar-refractivity contribution in [3.8, 4) is 11.4 Å². The van der Waals surface area contributed by atoms with Gasteiger partial charge in [-0.05, 0) is 36.4 Å². The van der Waals surface area contributed by atoms with Crippen molar-refractivity contribution < 1.29 is 9.59 Å². The molecule has 0 radical (unpaired) electrons. The maximum Gasteiger partial charge on any atom is 0.261 e. The van der Waals surface area contributed by atoms with Crippen molar-refractivity contribution in [1.29, 1.82) is 0 Å². The zero-order valence-electron chi connectivity index (χ0n) is 18.5. The third kappa shape index (κ3) is 4.98. The molecule has 2 amide bonds. The van der Waals surface area contributed by atoms with Crippen molar-refractivity contribution in [3.05, 3.63) is 92.5 Å². The Balaban J connectivity index is 1.44. The van der Waals surface area contributed by atoms with Gasteiger partial charge in [-0.3, -0.25) is 19.0 Å². The Labute approximate surface area is 209 Å². The number of halogens is 1. The maximum absolute atomic E-state index is 12.4. The number of carbonyl (C=O) groups excluding carboxylic acids is 2. The summed E-state index contributed by atoms with van der Waals surface area (Å²) in [5.41, 5.74) is 2.83. The van der Waals surface area contributed by atoms with Crippen molar-refractivity contribution in [2.24, 2.45) is 0 Å². The molecule has 4 aromatic rings. The zero-order chi connectivity index (χ0) is 24.4. The highest BCUT2D eigenvalue weighted by Crippen LogP contribution is 2.28. The summed E-state index contributed by atoms with van der Waals surface area (Å²) in [6.45, 7) is 1.62. The molecule has 4 heterocycles. The molecule has 35 heavy (non-hydrogen) atoms. The van der Waals surface area contributed by atoms with Gasteiger partial charge in [-0.1, -0.05) is 17.7 Å². The lowest BCUT2D eigenvalue weighted by molar-refractivity contribution is -0.120. The highest BCUT2D eigenvalue weighted by molar-refractivity contribution is 7.17. The van der Waals surface area contributed by atoms with Crippen LogP contribution in [0.4, 0.5) is 5.69 Å². The van der Waals surface area contributed by atoms with Crippen molar-refractivity contribution in [2.75, 3.05) is 24.5 Å². The van der Waals surface area contributed by atoms with E-state index in [0.29, 0.717) is 33.7 Å². The van der Waals surface area contributed by atoms with Gasteiger partial charge in [-0.2, -0.15) is 0 Å². The Hall–Kier alpha value is -3.89. The third-order valence-electron chi connectivity index (χ3n) is 5.58. The van der Waals surface area contributed by atoms with Crippen LogP contribution in [0.5, 0.6) is 0 Å². The van der Waals surface area contributed by atoms with Crippen molar-refractivity contribution in [1.82, 2.24) is 24.8 Å². The first-order chi connectivity index (χ1) is 17.0. The Morgan fingerprint density at radius 3 is 2.80 bits per heavy atom. The molecule has 178 valence electrons. The first-order valence-corrected chi connectivity index (χ1v) is 12.1. The summed E-state index contributed by atoms with van der Waals surface area (Å²) >= 11 is 7.13. The normalized spacial score (nSPS) is 13.5. The van der Waals surface area contributed by atoms with E-state index < -0.39 is 0 Å². The second kappa shape index (κ2) is 9.77. The summed E-state index contributed by atoms with van der Waals surface area (Å²) < 4.78 is 3.96. The number of carbonyl (C=O) groups is 2. The fourth-order valence-corrected chi connectivity index (χ4v) is 4.86. The molecule has 0 aliphatic carbocycles. The third-order valence-corrected chi connectivity index (χ3v) is 6.81. The predicted octanol–water partition coefficient (Wildman–Crippen LogP) is 2.60. The lowest BCUT2D eigenvalue weighted by Crippen LogP contribution is -2.48. The minimum Gasteiger partial charge on any atom is -0.359 e. The standard InChI is InChI=1S/C24H21ClN6O3S/c25-21-7-6-20(35-21)24(34)27-12-16-13-30(15-28-16)18-5-4-17(31-9-2-1-3-23(31)33)11-19(18)29-10-8-26-22(32)14-29/h1-7,9,11,13,15H,8,10,12,14H2,(H,26,32)(H,27,34). The summed E-state index contributed by atoms with van der Waals surface area (Å²) in [5, 5.41) is 5.69. The summed E-state index contributed by atoms with van der Waals surface area (Å²) in [6, 6.07) is 14.0. The maximum atomic E-state index is 12.4. The number of hydrogen-bond acceptors (Lipinski definition) is 6. The molecule has 2 N–H and O–H groups in total. The molecule has 1 aliphatic rings. The molecule has 1 aromatic carbocycles. The van der Waals surface area contributed by atoms with E-state index >= 15 is 0 Å². The van der Waals surface area contributed by atoms with Gasteiger partial charge in [-0.15, -0.1) is 11.3 Å². The number of nitrogens with one attached hydrogen (secondary N) is 2. The Morgan fingerprint density at radius 2 is 2.03 bits per heavy atom. The quantitative estimate of drug-likeness (QED) is 0.417. The van der Waals surface area contributed by atoms with Crippen molar-refractivity contribution >= 4 is 40.4 Å². The molecule has 0 unspecified atom stereocenters. The Morgan fingerprint density at radius 1 is 1.14 bits per heavy atom. The van der Waals surface area contributed by atoms with Crippen LogP contribution in [0.1, 0.15) is 15.4 Å². The van der Waals surface area contributed by atoms with Gasteiger partial charge in [0.25, 0.3) is 11.5 Å². The number of thiophene rings is 1. The van der Waals surface area contributed by atoms with Gasteiger partial charge in [0.1, 0.15) is 0 Å². The number of nitrogens with zero attached hydrogens (tertiary/aromatic N) is 4. The van der Waals surface area contributed by atoms with Crippen molar-refractivity contribution in [3.63, 3.8) is 0 Å². The Kier molecular flexibility index (Phi) is 6.39. The van der Waals surface area contributed by atoms with Crippen LogP contribution < -0.4 is 21.1 Å². The number of amides is 2. The van der Waals surface area contributed by atoms with Crippen LogP contribution in [-0.4, -0.2) is 45.6 Å². The van der Waals surface area contributed by atoms with Crippen LogP contribution in [0.15, 0.2) is 72.0 Å². The van der Waals surface area contributed by atoms with Gasteiger partial charge in [-0.25, -0.2) is 4.98 Å². The zero-order valence-corrected chi connectivity index (χ0v) is 20.1. The van der Waals surface area contributed by atoms with Gasteiger partial charge in [0.15, 0.2) is 0 Å². The van der Waals surface area contributed by atoms with Gasteiger partial charge < -0.3 is 20.1 Å². The lowest BCUT2D eigenvalue weighted by Gasteiger charge is -2.30. The predicted molar refractivity (Wildman–Crippen MR) is 135 cm³/mol. The summed E-state index contributed by atoms with van der Waals surface area (Å²) in [4.78, 5) is 43.8. The SMILES string of the molecule is O=C1CN(c2cc(-n3ccccc3=O)ccc2-n2cnc(CNC(=O)c3ccc(Cl)s3)c2)CCN1. The molecule has 0 atom stereocenters. The minimum absolute atomic E-state index is 0.0628. The monoisotopic (exact) mass is 508 g/mol. The highest BCUT2D eigenvalue weighted by Gasteiger charge is 2.21. The molecule has 3 aromatic heterocycles. The molecule has 1 saturated heterocycles. The molecule has 0 bridgehead atoms. The van der Waals surface area contributed by atoms with Gasteiger partial charge in [0.2, 0.25) is 5.91 Å². The van der Waals surface area contributed by atoms with E-state index in [1.165, 1.54) is 17.4 Å². The van der Waals surface area contributed by atoms with Crippen LogP contribution in [0.3, 0.4) is 0 Å². The number of rotatable bonds is 6. The molecule has 5 rings (SSSR count). The van der Waals surface area contributed by atoms with Crippen LogP contribution in [0, 0.1) is 0 Å². The van der Waals surface area contributed by atoms with E-state index in [1.54, 1.807) is 41.4 Å². The first kappa shape index (κ1) is 22.9. The van der Waals surface area contributed by atoms with Gasteiger partial charge >= 0.3 is 0 Å². The van der Waals surface area contributed by atoms with E-state index in [-0.39, 0.29) is 30.5 Å². The minimum atomic E-state index is -0.214. The molecule has 1 aliphatic heterocycles. The molecule has 11 heteroatoms. The van der Waals surface area contributed by atoms with Crippen LogP contribution >= 0.6 is 22.9 Å². The molecular weight excluding hydrogens is 488 g/mol. The molecule has 0 saturated carbocycles. The number of imidazole rings is 1. The molecule has 1 fully saturated rings. The lowest BCUT2D eigenvalue weighted by atomic mass is 10.2. The molecular formula is C24H21ClN6O3S. The number of pyridine rings is 1. The van der Waals surface area contributed by atoms with Crippen LogP contribution in [0.25, 0.3) is 11.4 Å². The number of anilines is 1. The Bertz CT molecular complexity index is 1460. The molecule has 0 spiro atoms. The van der Waals surface area contributed by atoms with E-state index in [2.05, 4.69) is 15.6 Å². The summed E-state index contributed by atoms with van der Waals surface area (Å²) in [7, 11) is 0. The topological polar surface area (TPSA) is 101 Å². The second-order valence-electron chi connectivity index (χ2n) is 7.91. The average molecular weight is 509 g/mol. The molecule has 9 nitrogen and oxygen atoms in total.